The molecule has 1 heterocycles. The van der Waals surface area contributed by atoms with Gasteiger partial charge in [-0.2, -0.15) is 5.10 Å². The first-order valence-corrected chi connectivity index (χ1v) is 10.6. The highest BCUT2D eigenvalue weighted by Crippen LogP contribution is 2.19. The molecular formula is C23H26BrN3O2. The van der Waals surface area contributed by atoms with E-state index in [1.54, 1.807) is 0 Å². The van der Waals surface area contributed by atoms with Gasteiger partial charge in [0.05, 0.1) is 16.7 Å². The zero-order valence-electron chi connectivity index (χ0n) is 17.0. The second kappa shape index (κ2) is 9.74. The number of hydrogen-bond acceptors (Lipinski definition) is 3. The Morgan fingerprint density at radius 3 is 2.31 bits per heavy atom. The number of aryl methyl sites for hydroxylation is 2. The second-order valence-corrected chi connectivity index (χ2v) is 7.74. The molecule has 0 spiro atoms. The van der Waals surface area contributed by atoms with Crippen LogP contribution in [-0.4, -0.2) is 22.2 Å². The zero-order valence-corrected chi connectivity index (χ0v) is 18.6. The van der Waals surface area contributed by atoms with Gasteiger partial charge >= 0.3 is 0 Å². The number of rotatable bonds is 8. The van der Waals surface area contributed by atoms with Gasteiger partial charge in [0.25, 0.3) is 5.91 Å². The van der Waals surface area contributed by atoms with Crippen molar-refractivity contribution in [3.63, 3.8) is 0 Å². The van der Waals surface area contributed by atoms with E-state index in [1.807, 2.05) is 54.9 Å². The number of carbonyl (C=O) groups is 1. The number of hydrogen-bond donors (Lipinski definition) is 1. The largest absolute Gasteiger partial charge is 0.489 e. The monoisotopic (exact) mass is 455 g/mol. The predicted octanol–water partition coefficient (Wildman–Crippen LogP) is 4.83. The van der Waals surface area contributed by atoms with E-state index in [1.165, 1.54) is 5.56 Å². The first-order chi connectivity index (χ1) is 14.0. The van der Waals surface area contributed by atoms with Gasteiger partial charge in [-0.25, -0.2) is 0 Å². The van der Waals surface area contributed by atoms with Gasteiger partial charge in [0, 0.05) is 17.8 Å². The van der Waals surface area contributed by atoms with Gasteiger partial charge in [0.2, 0.25) is 0 Å². The summed E-state index contributed by atoms with van der Waals surface area (Å²) >= 11 is 3.52. The molecule has 0 aliphatic heterocycles. The van der Waals surface area contributed by atoms with Gasteiger partial charge in [0.15, 0.2) is 0 Å². The van der Waals surface area contributed by atoms with Crippen LogP contribution >= 0.6 is 15.9 Å². The molecule has 3 rings (SSSR count). The molecule has 1 aromatic heterocycles. The number of halogens is 1. The highest BCUT2D eigenvalue weighted by molar-refractivity contribution is 9.10. The van der Waals surface area contributed by atoms with Crippen molar-refractivity contribution in [2.24, 2.45) is 0 Å². The number of nitrogens with zero attached hydrogens (tertiary/aromatic N) is 2. The second-order valence-electron chi connectivity index (χ2n) is 6.95. The Balaban J connectivity index is 1.48. The van der Waals surface area contributed by atoms with E-state index in [4.69, 9.17) is 4.74 Å². The van der Waals surface area contributed by atoms with Gasteiger partial charge in [0.1, 0.15) is 12.4 Å². The van der Waals surface area contributed by atoms with Gasteiger partial charge in [-0.3, -0.25) is 9.48 Å². The van der Waals surface area contributed by atoms with E-state index in [-0.39, 0.29) is 5.91 Å². The Morgan fingerprint density at radius 2 is 1.72 bits per heavy atom. The average Bonchev–Trinajstić information content (AvgIpc) is 2.99. The molecule has 0 saturated heterocycles. The van der Waals surface area contributed by atoms with Crippen molar-refractivity contribution in [2.45, 2.75) is 40.3 Å². The molecule has 0 saturated carbocycles. The van der Waals surface area contributed by atoms with E-state index >= 15 is 0 Å². The van der Waals surface area contributed by atoms with Crippen LogP contribution in [0.15, 0.2) is 53.0 Å². The molecule has 0 bridgehead atoms. The van der Waals surface area contributed by atoms with Crippen LogP contribution in [-0.2, 0) is 19.6 Å². The van der Waals surface area contributed by atoms with Crippen LogP contribution in [0.5, 0.6) is 5.75 Å². The number of benzene rings is 2. The summed E-state index contributed by atoms with van der Waals surface area (Å²) in [5.74, 6) is 0.757. The summed E-state index contributed by atoms with van der Waals surface area (Å²) in [6.07, 6.45) is 1.02. The third-order valence-corrected chi connectivity index (χ3v) is 6.00. The lowest BCUT2D eigenvalue weighted by Gasteiger charge is -2.09. The molecule has 5 nitrogen and oxygen atoms in total. The molecule has 0 unspecified atom stereocenters. The molecule has 1 N–H and O–H groups in total. The van der Waals surface area contributed by atoms with Crippen molar-refractivity contribution in [2.75, 3.05) is 6.54 Å². The lowest BCUT2D eigenvalue weighted by molar-refractivity contribution is 0.0951. The minimum Gasteiger partial charge on any atom is -0.489 e. The summed E-state index contributed by atoms with van der Waals surface area (Å²) in [4.78, 5) is 12.4. The zero-order chi connectivity index (χ0) is 20.8. The molecule has 0 aliphatic rings. The topological polar surface area (TPSA) is 56.1 Å². The molecule has 3 aromatic rings. The summed E-state index contributed by atoms with van der Waals surface area (Å²) in [5, 5.41) is 7.40. The summed E-state index contributed by atoms with van der Waals surface area (Å²) in [6.45, 7) is 7.72. The average molecular weight is 456 g/mol. The first kappa shape index (κ1) is 21.1. The number of ether oxygens (including phenoxy) is 1. The van der Waals surface area contributed by atoms with Gasteiger partial charge < -0.3 is 10.1 Å². The number of carbonyl (C=O) groups excluding carboxylic acids is 1. The maximum atomic E-state index is 12.4. The Hall–Kier alpha value is -2.60. The molecular weight excluding hydrogens is 430 g/mol. The highest BCUT2D eigenvalue weighted by atomic mass is 79.9. The molecule has 0 atom stereocenters. The van der Waals surface area contributed by atoms with Crippen LogP contribution in [0.3, 0.4) is 0 Å². The van der Waals surface area contributed by atoms with Crippen molar-refractivity contribution in [3.05, 3.63) is 81.1 Å². The van der Waals surface area contributed by atoms with E-state index in [0.717, 1.165) is 33.6 Å². The van der Waals surface area contributed by atoms with E-state index < -0.39 is 0 Å². The van der Waals surface area contributed by atoms with Crippen LogP contribution < -0.4 is 10.1 Å². The van der Waals surface area contributed by atoms with Crippen LogP contribution in [0.25, 0.3) is 0 Å². The molecule has 1 amide bonds. The SMILES string of the molecule is CCc1ccc(OCc2ccc(C(=O)NCCn3nc(C)c(Br)c3C)cc2)cc1. The maximum Gasteiger partial charge on any atom is 0.251 e. The minimum absolute atomic E-state index is 0.0896. The van der Waals surface area contributed by atoms with Crippen LogP contribution in [0, 0.1) is 13.8 Å². The van der Waals surface area contributed by atoms with Crippen molar-refractivity contribution < 1.29 is 9.53 Å². The smallest absolute Gasteiger partial charge is 0.251 e. The fraction of sp³-hybridized carbons (Fsp3) is 0.304. The first-order valence-electron chi connectivity index (χ1n) is 9.76. The highest BCUT2D eigenvalue weighted by Gasteiger charge is 2.09. The lowest BCUT2D eigenvalue weighted by Crippen LogP contribution is -2.27. The molecule has 0 fully saturated rings. The van der Waals surface area contributed by atoms with E-state index in [9.17, 15) is 4.79 Å². The Kier molecular flexibility index (Phi) is 7.09. The molecule has 0 aliphatic carbocycles. The summed E-state index contributed by atoms with van der Waals surface area (Å²) in [5.41, 5.74) is 4.96. The molecule has 152 valence electrons. The Morgan fingerprint density at radius 1 is 1.07 bits per heavy atom. The Labute approximate surface area is 180 Å². The maximum absolute atomic E-state index is 12.4. The van der Waals surface area contributed by atoms with E-state index in [2.05, 4.69) is 45.4 Å². The third kappa shape index (κ3) is 5.48. The summed E-state index contributed by atoms with van der Waals surface area (Å²) < 4.78 is 8.73. The molecule has 6 heteroatoms. The summed E-state index contributed by atoms with van der Waals surface area (Å²) in [7, 11) is 0. The minimum atomic E-state index is -0.0896. The van der Waals surface area contributed by atoms with Crippen molar-refractivity contribution >= 4 is 21.8 Å². The standard InChI is InChI=1S/C23H26BrN3O2/c1-4-18-7-11-21(12-8-18)29-15-19-5-9-20(10-6-19)23(28)25-13-14-27-17(3)22(24)16(2)26-27/h5-12H,4,13-15H2,1-3H3,(H,25,28). The number of amides is 1. The van der Waals surface area contributed by atoms with Crippen LogP contribution in [0.2, 0.25) is 0 Å². The summed E-state index contributed by atoms with van der Waals surface area (Å²) in [6, 6.07) is 15.6. The van der Waals surface area contributed by atoms with Crippen molar-refractivity contribution in [3.8, 4) is 5.75 Å². The fourth-order valence-electron chi connectivity index (χ4n) is 3.01. The lowest BCUT2D eigenvalue weighted by atomic mass is 10.1. The van der Waals surface area contributed by atoms with Crippen LogP contribution in [0.1, 0.15) is 39.8 Å². The van der Waals surface area contributed by atoms with E-state index in [0.29, 0.717) is 25.3 Å². The molecule has 0 radical (unpaired) electrons. The number of aromatic nitrogens is 2. The van der Waals surface area contributed by atoms with Crippen molar-refractivity contribution in [1.82, 2.24) is 15.1 Å². The predicted molar refractivity (Wildman–Crippen MR) is 118 cm³/mol. The van der Waals surface area contributed by atoms with Crippen LogP contribution in [0.4, 0.5) is 0 Å². The fourth-order valence-corrected chi connectivity index (χ4v) is 3.29. The normalized spacial score (nSPS) is 10.8. The molecule has 2 aromatic carbocycles. The Bertz CT molecular complexity index is 963. The number of nitrogens with one attached hydrogen (secondary N) is 1. The van der Waals surface area contributed by atoms with Gasteiger partial charge in [-0.15, -0.1) is 0 Å². The van der Waals surface area contributed by atoms with Crippen molar-refractivity contribution in [1.29, 1.82) is 0 Å². The third-order valence-electron chi connectivity index (χ3n) is 4.86. The van der Waals surface area contributed by atoms with Gasteiger partial charge in [-0.05, 0) is 71.6 Å². The quantitative estimate of drug-likeness (QED) is 0.528. The van der Waals surface area contributed by atoms with Gasteiger partial charge in [-0.1, -0.05) is 31.2 Å². The molecule has 29 heavy (non-hydrogen) atoms.